The third-order valence-electron chi connectivity index (χ3n) is 4.84. The van der Waals surface area contributed by atoms with E-state index in [9.17, 15) is 14.0 Å². The van der Waals surface area contributed by atoms with Crippen molar-refractivity contribution in [2.24, 2.45) is 5.92 Å². The minimum absolute atomic E-state index is 0.0274. The van der Waals surface area contributed by atoms with Crippen molar-refractivity contribution >= 4 is 17.5 Å². The molecule has 0 aliphatic carbocycles. The lowest BCUT2D eigenvalue weighted by Gasteiger charge is -2.36. The monoisotopic (exact) mass is 363 g/mol. The Hall–Kier alpha value is -2.11. The molecule has 0 atom stereocenters. The van der Waals surface area contributed by atoms with Gasteiger partial charge in [-0.25, -0.2) is 4.39 Å². The van der Waals surface area contributed by atoms with Crippen LogP contribution in [0.15, 0.2) is 24.3 Å². The van der Waals surface area contributed by atoms with E-state index in [4.69, 9.17) is 0 Å². The minimum atomic E-state index is -0.241. The summed E-state index contributed by atoms with van der Waals surface area (Å²) in [7, 11) is 0. The quantitative estimate of drug-likeness (QED) is 0.748. The van der Waals surface area contributed by atoms with E-state index < -0.39 is 0 Å². The van der Waals surface area contributed by atoms with E-state index in [0.29, 0.717) is 38.5 Å². The largest absolute Gasteiger partial charge is 0.368 e. The first kappa shape index (κ1) is 20.2. The normalized spacial score (nSPS) is 14.7. The van der Waals surface area contributed by atoms with Crippen LogP contribution in [0.2, 0.25) is 0 Å². The van der Waals surface area contributed by atoms with Gasteiger partial charge in [-0.3, -0.25) is 9.59 Å². The fraction of sp³-hybridized carbons (Fsp3) is 0.600. The molecule has 1 aliphatic heterocycles. The Labute approximate surface area is 155 Å². The molecule has 2 rings (SSSR count). The number of hydrogen-bond donors (Lipinski definition) is 0. The zero-order valence-electron chi connectivity index (χ0n) is 16.1. The molecule has 1 aliphatic rings. The van der Waals surface area contributed by atoms with E-state index in [2.05, 4.69) is 18.7 Å². The van der Waals surface area contributed by atoms with Crippen LogP contribution in [-0.2, 0) is 9.59 Å². The molecular formula is C20H30FN3O2. The fourth-order valence-electron chi connectivity index (χ4n) is 3.10. The number of rotatable bonds is 7. The van der Waals surface area contributed by atoms with E-state index in [1.807, 2.05) is 4.90 Å². The molecule has 0 N–H and O–H groups in total. The van der Waals surface area contributed by atoms with Crippen molar-refractivity contribution in [3.05, 3.63) is 30.1 Å². The highest BCUT2D eigenvalue weighted by Crippen LogP contribution is 2.17. The Kier molecular flexibility index (Phi) is 7.42. The van der Waals surface area contributed by atoms with Gasteiger partial charge in [0.2, 0.25) is 11.8 Å². The topological polar surface area (TPSA) is 43.9 Å². The standard InChI is InChI=1S/C20H30FN3O2/c1-16(2)8-10-22(17(3)25)11-9-20(26)24-14-12-23(13-15-24)19-6-4-18(21)5-7-19/h4-7,16H,8-15H2,1-3H3. The Balaban J connectivity index is 1.78. The summed E-state index contributed by atoms with van der Waals surface area (Å²) in [5.41, 5.74) is 0.981. The van der Waals surface area contributed by atoms with Crippen LogP contribution < -0.4 is 4.90 Å². The zero-order valence-corrected chi connectivity index (χ0v) is 16.1. The SMILES string of the molecule is CC(=O)N(CCC(=O)N1CCN(c2ccc(F)cc2)CC1)CCC(C)C. The summed E-state index contributed by atoms with van der Waals surface area (Å²) in [6.45, 7) is 9.80. The van der Waals surface area contributed by atoms with E-state index in [1.165, 1.54) is 12.1 Å². The number of nitrogens with zero attached hydrogens (tertiary/aromatic N) is 3. The Bertz CT molecular complexity index is 596. The Morgan fingerprint density at radius 3 is 2.23 bits per heavy atom. The van der Waals surface area contributed by atoms with Gasteiger partial charge in [0, 0.05) is 58.3 Å². The van der Waals surface area contributed by atoms with E-state index in [-0.39, 0.29) is 17.6 Å². The van der Waals surface area contributed by atoms with Gasteiger partial charge in [-0.1, -0.05) is 13.8 Å². The van der Waals surface area contributed by atoms with Crippen LogP contribution in [0.5, 0.6) is 0 Å². The van der Waals surface area contributed by atoms with Crippen LogP contribution in [0, 0.1) is 11.7 Å². The van der Waals surface area contributed by atoms with Crippen LogP contribution in [0.25, 0.3) is 0 Å². The molecule has 144 valence electrons. The predicted molar refractivity (Wildman–Crippen MR) is 102 cm³/mol. The second kappa shape index (κ2) is 9.55. The maximum atomic E-state index is 13.0. The van der Waals surface area contributed by atoms with Crippen molar-refractivity contribution in [3.8, 4) is 0 Å². The molecular weight excluding hydrogens is 333 g/mol. The zero-order chi connectivity index (χ0) is 19.1. The molecule has 0 unspecified atom stereocenters. The summed E-state index contributed by atoms with van der Waals surface area (Å²) in [4.78, 5) is 30.0. The molecule has 1 fully saturated rings. The fourth-order valence-corrected chi connectivity index (χ4v) is 3.10. The predicted octanol–water partition coefficient (Wildman–Crippen LogP) is 2.76. The summed E-state index contributed by atoms with van der Waals surface area (Å²) in [6.07, 6.45) is 1.32. The number of halogens is 1. The Morgan fingerprint density at radius 1 is 1.08 bits per heavy atom. The summed E-state index contributed by atoms with van der Waals surface area (Å²) < 4.78 is 13.0. The average Bonchev–Trinajstić information content (AvgIpc) is 2.61. The number of benzene rings is 1. The van der Waals surface area contributed by atoms with Gasteiger partial charge in [0.15, 0.2) is 0 Å². The molecule has 0 spiro atoms. The molecule has 6 heteroatoms. The average molecular weight is 363 g/mol. The molecule has 0 saturated carbocycles. The highest BCUT2D eigenvalue weighted by molar-refractivity contribution is 5.78. The molecule has 1 aromatic rings. The highest BCUT2D eigenvalue weighted by Gasteiger charge is 2.22. The molecule has 1 heterocycles. The second-order valence-electron chi connectivity index (χ2n) is 7.28. The first-order valence-electron chi connectivity index (χ1n) is 9.40. The smallest absolute Gasteiger partial charge is 0.224 e. The lowest BCUT2D eigenvalue weighted by Crippen LogP contribution is -2.49. The summed E-state index contributed by atoms with van der Waals surface area (Å²) in [5, 5.41) is 0. The van der Waals surface area contributed by atoms with Crippen molar-refractivity contribution in [3.63, 3.8) is 0 Å². The van der Waals surface area contributed by atoms with Crippen molar-refractivity contribution < 1.29 is 14.0 Å². The third kappa shape index (κ3) is 6.00. The van der Waals surface area contributed by atoms with Crippen LogP contribution in [0.1, 0.15) is 33.6 Å². The molecule has 5 nitrogen and oxygen atoms in total. The van der Waals surface area contributed by atoms with Crippen molar-refractivity contribution in [2.45, 2.75) is 33.6 Å². The first-order chi connectivity index (χ1) is 12.4. The third-order valence-corrected chi connectivity index (χ3v) is 4.84. The number of piperazine rings is 1. The van der Waals surface area contributed by atoms with Crippen LogP contribution in [0.3, 0.4) is 0 Å². The molecule has 0 radical (unpaired) electrons. The van der Waals surface area contributed by atoms with Crippen molar-refractivity contribution in [1.29, 1.82) is 0 Å². The van der Waals surface area contributed by atoms with Gasteiger partial charge < -0.3 is 14.7 Å². The molecule has 2 amide bonds. The van der Waals surface area contributed by atoms with Crippen LogP contribution >= 0.6 is 0 Å². The summed E-state index contributed by atoms with van der Waals surface area (Å²) >= 11 is 0. The van der Waals surface area contributed by atoms with Gasteiger partial charge in [-0.15, -0.1) is 0 Å². The van der Waals surface area contributed by atoms with Gasteiger partial charge >= 0.3 is 0 Å². The molecule has 1 saturated heterocycles. The minimum Gasteiger partial charge on any atom is -0.368 e. The maximum absolute atomic E-state index is 13.0. The number of carbonyl (C=O) groups excluding carboxylic acids is 2. The van der Waals surface area contributed by atoms with E-state index in [0.717, 1.165) is 25.2 Å². The molecule has 1 aromatic carbocycles. The Morgan fingerprint density at radius 2 is 1.69 bits per heavy atom. The van der Waals surface area contributed by atoms with Gasteiger partial charge in [-0.2, -0.15) is 0 Å². The number of anilines is 1. The van der Waals surface area contributed by atoms with Crippen molar-refractivity contribution in [1.82, 2.24) is 9.80 Å². The number of carbonyl (C=O) groups is 2. The number of amides is 2. The van der Waals surface area contributed by atoms with Crippen molar-refractivity contribution in [2.75, 3.05) is 44.2 Å². The van der Waals surface area contributed by atoms with Gasteiger partial charge in [0.05, 0.1) is 0 Å². The highest BCUT2D eigenvalue weighted by atomic mass is 19.1. The molecule has 26 heavy (non-hydrogen) atoms. The van der Waals surface area contributed by atoms with Gasteiger partial charge in [0.25, 0.3) is 0 Å². The van der Waals surface area contributed by atoms with Crippen LogP contribution in [0.4, 0.5) is 10.1 Å². The van der Waals surface area contributed by atoms with Gasteiger partial charge in [0.1, 0.15) is 5.82 Å². The van der Waals surface area contributed by atoms with E-state index >= 15 is 0 Å². The maximum Gasteiger partial charge on any atom is 0.224 e. The van der Waals surface area contributed by atoms with E-state index in [1.54, 1.807) is 24.0 Å². The lowest BCUT2D eigenvalue weighted by molar-refractivity contribution is -0.133. The second-order valence-corrected chi connectivity index (χ2v) is 7.28. The molecule has 0 bridgehead atoms. The van der Waals surface area contributed by atoms with Crippen LogP contribution in [-0.4, -0.2) is 60.9 Å². The lowest BCUT2D eigenvalue weighted by atomic mass is 10.1. The summed E-state index contributed by atoms with van der Waals surface area (Å²) in [5.74, 6) is 0.418. The summed E-state index contributed by atoms with van der Waals surface area (Å²) in [6, 6.07) is 6.46. The first-order valence-corrected chi connectivity index (χ1v) is 9.40. The van der Waals surface area contributed by atoms with Gasteiger partial charge in [-0.05, 0) is 36.6 Å². The number of hydrogen-bond acceptors (Lipinski definition) is 3. The molecule has 0 aromatic heterocycles.